The minimum Gasteiger partial charge on any atom is -0.492 e. The summed E-state index contributed by atoms with van der Waals surface area (Å²) in [5, 5.41) is 3.21. The Bertz CT molecular complexity index is 976. The van der Waals surface area contributed by atoms with Crippen molar-refractivity contribution < 1.29 is 14.3 Å². The molecule has 0 fully saturated rings. The van der Waals surface area contributed by atoms with Gasteiger partial charge in [-0.3, -0.25) is 14.5 Å². The van der Waals surface area contributed by atoms with Gasteiger partial charge in [-0.2, -0.15) is 0 Å². The van der Waals surface area contributed by atoms with Gasteiger partial charge in [0, 0.05) is 6.54 Å². The first-order valence-corrected chi connectivity index (χ1v) is 10.00. The fourth-order valence-electron chi connectivity index (χ4n) is 3.55. The Morgan fingerprint density at radius 2 is 1.76 bits per heavy atom. The fraction of sp³-hybridized carbons (Fsp3) is 0.333. The van der Waals surface area contributed by atoms with Gasteiger partial charge in [-0.1, -0.05) is 49.7 Å². The van der Waals surface area contributed by atoms with E-state index in [1.54, 1.807) is 0 Å². The number of aryl methyl sites for hydroxylation is 2. The number of hydrogen-bond donors (Lipinski definition) is 1. The molecular weight excluding hydrogens is 364 g/mol. The molecule has 0 bridgehead atoms. The summed E-state index contributed by atoms with van der Waals surface area (Å²) < 4.78 is 5.69. The van der Waals surface area contributed by atoms with Crippen LogP contribution in [0.1, 0.15) is 37.5 Å². The third-order valence-electron chi connectivity index (χ3n) is 4.81. The molecule has 29 heavy (non-hydrogen) atoms. The van der Waals surface area contributed by atoms with Crippen molar-refractivity contribution in [3.05, 3.63) is 64.9 Å². The van der Waals surface area contributed by atoms with Crippen LogP contribution in [-0.4, -0.2) is 29.9 Å². The summed E-state index contributed by atoms with van der Waals surface area (Å²) in [6, 6.07) is 13.3. The van der Waals surface area contributed by atoms with Crippen molar-refractivity contribution in [1.82, 2.24) is 4.90 Å². The number of nitrogens with one attached hydrogen (secondary N) is 1. The van der Waals surface area contributed by atoms with Crippen LogP contribution in [0.5, 0.6) is 5.75 Å². The molecule has 0 atom stereocenters. The van der Waals surface area contributed by atoms with Crippen LogP contribution in [0, 0.1) is 19.8 Å². The van der Waals surface area contributed by atoms with Crippen LogP contribution < -0.4 is 10.1 Å². The van der Waals surface area contributed by atoms with Crippen LogP contribution in [0.15, 0.2) is 48.2 Å². The summed E-state index contributed by atoms with van der Waals surface area (Å²) >= 11 is 0. The lowest BCUT2D eigenvalue weighted by atomic mass is 9.97. The third-order valence-corrected chi connectivity index (χ3v) is 4.81. The second kappa shape index (κ2) is 8.52. The maximum Gasteiger partial charge on any atom is 0.278 e. The quantitative estimate of drug-likeness (QED) is 0.702. The molecule has 0 aliphatic carbocycles. The number of amides is 2. The van der Waals surface area contributed by atoms with Crippen molar-refractivity contribution >= 4 is 23.1 Å². The second-order valence-corrected chi connectivity index (χ2v) is 7.74. The molecule has 5 heteroatoms. The van der Waals surface area contributed by atoms with Crippen molar-refractivity contribution in [2.75, 3.05) is 18.5 Å². The van der Waals surface area contributed by atoms with E-state index < -0.39 is 0 Å². The predicted molar refractivity (Wildman–Crippen MR) is 116 cm³/mol. The summed E-state index contributed by atoms with van der Waals surface area (Å²) in [7, 11) is 0. The number of imide groups is 1. The van der Waals surface area contributed by atoms with E-state index in [0.717, 1.165) is 16.7 Å². The molecule has 1 N–H and O–H groups in total. The van der Waals surface area contributed by atoms with Crippen molar-refractivity contribution in [2.24, 2.45) is 5.92 Å². The molecule has 0 radical (unpaired) electrons. The minimum atomic E-state index is -0.301. The van der Waals surface area contributed by atoms with Gasteiger partial charge >= 0.3 is 0 Å². The normalized spacial score (nSPS) is 14.2. The van der Waals surface area contributed by atoms with E-state index in [1.165, 1.54) is 4.90 Å². The standard InChI is InChI=1S/C24H28N2O3/c1-6-29-20-10-8-7-9-19(20)25-22-21(18-12-11-16(4)13-17(18)5)23(27)26(24(22)28)14-15(2)3/h7-13,15,25H,6,14H2,1-5H3. The monoisotopic (exact) mass is 392 g/mol. The Kier molecular flexibility index (Phi) is 6.06. The maximum absolute atomic E-state index is 13.3. The number of anilines is 1. The van der Waals surface area contributed by atoms with E-state index in [0.29, 0.717) is 35.9 Å². The Balaban J connectivity index is 2.12. The van der Waals surface area contributed by atoms with Crippen LogP contribution in [0.4, 0.5) is 5.69 Å². The second-order valence-electron chi connectivity index (χ2n) is 7.74. The first kappa shape index (κ1) is 20.6. The topological polar surface area (TPSA) is 58.6 Å². The third kappa shape index (κ3) is 4.19. The molecule has 0 saturated heterocycles. The molecule has 1 heterocycles. The summed E-state index contributed by atoms with van der Waals surface area (Å²) in [6.45, 7) is 10.8. The van der Waals surface area contributed by atoms with Crippen LogP contribution in [0.2, 0.25) is 0 Å². The highest BCUT2D eigenvalue weighted by atomic mass is 16.5. The van der Waals surface area contributed by atoms with Crippen molar-refractivity contribution in [2.45, 2.75) is 34.6 Å². The number of benzene rings is 2. The molecular formula is C24H28N2O3. The highest BCUT2D eigenvalue weighted by molar-refractivity contribution is 6.36. The van der Waals surface area contributed by atoms with Crippen LogP contribution in [0.25, 0.3) is 5.57 Å². The Hall–Kier alpha value is -3.08. The van der Waals surface area contributed by atoms with Gasteiger partial charge in [0.15, 0.2) is 0 Å². The lowest BCUT2D eigenvalue weighted by Gasteiger charge is -2.18. The SMILES string of the molecule is CCOc1ccccc1NC1=C(c2ccc(C)cc2C)C(=O)N(CC(C)C)C1=O. The van der Waals surface area contributed by atoms with Crippen molar-refractivity contribution in [3.63, 3.8) is 0 Å². The average Bonchev–Trinajstić information content (AvgIpc) is 2.88. The largest absolute Gasteiger partial charge is 0.492 e. The summed E-state index contributed by atoms with van der Waals surface area (Å²) in [4.78, 5) is 27.8. The highest BCUT2D eigenvalue weighted by Gasteiger charge is 2.40. The molecule has 2 amide bonds. The van der Waals surface area contributed by atoms with Crippen molar-refractivity contribution in [3.8, 4) is 5.75 Å². The molecule has 1 aliphatic rings. The van der Waals surface area contributed by atoms with Gasteiger partial charge in [0.25, 0.3) is 11.8 Å². The Morgan fingerprint density at radius 1 is 1.03 bits per heavy atom. The zero-order chi connectivity index (χ0) is 21.1. The van der Waals surface area contributed by atoms with E-state index in [4.69, 9.17) is 4.74 Å². The minimum absolute atomic E-state index is 0.179. The summed E-state index contributed by atoms with van der Waals surface area (Å²) in [6.07, 6.45) is 0. The van der Waals surface area contributed by atoms with Gasteiger partial charge in [-0.05, 0) is 49.9 Å². The molecule has 0 aromatic heterocycles. The number of rotatable bonds is 7. The molecule has 5 nitrogen and oxygen atoms in total. The molecule has 0 spiro atoms. The van der Waals surface area contributed by atoms with Crippen molar-refractivity contribution in [1.29, 1.82) is 0 Å². The van der Waals surface area contributed by atoms with E-state index >= 15 is 0 Å². The number of carbonyl (C=O) groups is 2. The lowest BCUT2D eigenvalue weighted by Crippen LogP contribution is -2.35. The summed E-state index contributed by atoms with van der Waals surface area (Å²) in [5.74, 6) is 0.264. The molecule has 0 unspecified atom stereocenters. The molecule has 2 aromatic rings. The zero-order valence-corrected chi connectivity index (χ0v) is 17.7. The predicted octanol–water partition coefficient (Wildman–Crippen LogP) is 4.55. The zero-order valence-electron chi connectivity index (χ0n) is 17.7. The van der Waals surface area contributed by atoms with Gasteiger partial charge in [0.1, 0.15) is 11.4 Å². The van der Waals surface area contributed by atoms with Gasteiger partial charge < -0.3 is 10.1 Å². The van der Waals surface area contributed by atoms with Crippen LogP contribution in [0.3, 0.4) is 0 Å². The van der Waals surface area contributed by atoms with Crippen LogP contribution >= 0.6 is 0 Å². The van der Waals surface area contributed by atoms with Gasteiger partial charge in [-0.15, -0.1) is 0 Å². The van der Waals surface area contributed by atoms with E-state index in [9.17, 15) is 9.59 Å². The molecule has 1 aliphatic heterocycles. The molecule has 152 valence electrons. The maximum atomic E-state index is 13.3. The number of hydrogen-bond acceptors (Lipinski definition) is 4. The summed E-state index contributed by atoms with van der Waals surface area (Å²) in [5.41, 5.74) is 4.23. The smallest absolute Gasteiger partial charge is 0.278 e. The van der Waals surface area contributed by atoms with Gasteiger partial charge in [-0.25, -0.2) is 0 Å². The number of carbonyl (C=O) groups excluding carboxylic acids is 2. The number of ether oxygens (including phenoxy) is 1. The highest BCUT2D eigenvalue weighted by Crippen LogP contribution is 2.35. The Labute approximate surface area is 172 Å². The fourth-order valence-corrected chi connectivity index (χ4v) is 3.55. The molecule has 2 aromatic carbocycles. The number of nitrogens with zero attached hydrogens (tertiary/aromatic N) is 1. The van der Waals surface area contributed by atoms with Gasteiger partial charge in [0.2, 0.25) is 0 Å². The first-order chi connectivity index (χ1) is 13.8. The van der Waals surface area contributed by atoms with Gasteiger partial charge in [0.05, 0.1) is 17.9 Å². The van der Waals surface area contributed by atoms with E-state index in [2.05, 4.69) is 5.32 Å². The van der Waals surface area contributed by atoms with Crippen LogP contribution in [-0.2, 0) is 9.59 Å². The lowest BCUT2D eigenvalue weighted by molar-refractivity contribution is -0.137. The van der Waals surface area contributed by atoms with E-state index in [1.807, 2.05) is 77.1 Å². The Morgan fingerprint density at radius 3 is 2.41 bits per heavy atom. The molecule has 0 saturated carbocycles. The average molecular weight is 392 g/mol. The molecule has 3 rings (SSSR count). The number of para-hydroxylation sites is 2. The van der Waals surface area contributed by atoms with E-state index in [-0.39, 0.29) is 17.7 Å². The first-order valence-electron chi connectivity index (χ1n) is 10.00.